The molecule has 0 aliphatic heterocycles. The van der Waals surface area contributed by atoms with Crippen molar-refractivity contribution in [3.63, 3.8) is 0 Å². The Labute approximate surface area is 192 Å². The highest BCUT2D eigenvalue weighted by atomic mass is 16.3. The fourth-order valence-corrected chi connectivity index (χ4v) is 3.60. The Balaban J connectivity index is 1.86. The molecule has 0 radical (unpaired) electrons. The molecule has 0 spiro atoms. The number of anilines is 1. The number of carbonyl (C=O) groups is 1. The van der Waals surface area contributed by atoms with Crippen molar-refractivity contribution in [1.29, 1.82) is 10.5 Å². The Kier molecular flexibility index (Phi) is 5.81. The van der Waals surface area contributed by atoms with Crippen LogP contribution in [-0.2, 0) is 0 Å². The van der Waals surface area contributed by atoms with E-state index in [1.165, 1.54) is 6.07 Å². The standard InChI is InChI=1S/C28H21N3O2/c1-18-4-9-20(10-5-18)28(32)27-24-14-21(16-29)22(17-30)15-26(24)33-25(27)13-8-19-6-11-23(12-7-19)31(2)3/h4-15H,1-3H3. The van der Waals surface area contributed by atoms with E-state index in [-0.39, 0.29) is 16.9 Å². The van der Waals surface area contributed by atoms with Crippen LogP contribution in [0.1, 0.15) is 43.9 Å². The van der Waals surface area contributed by atoms with Gasteiger partial charge in [-0.3, -0.25) is 4.79 Å². The smallest absolute Gasteiger partial charge is 0.197 e. The molecule has 0 fully saturated rings. The van der Waals surface area contributed by atoms with Crippen molar-refractivity contribution in [3.8, 4) is 12.1 Å². The molecule has 4 aromatic rings. The second kappa shape index (κ2) is 8.86. The molecule has 1 aromatic heterocycles. The Morgan fingerprint density at radius 2 is 1.55 bits per heavy atom. The Morgan fingerprint density at radius 3 is 2.15 bits per heavy atom. The van der Waals surface area contributed by atoms with Crippen LogP contribution in [0.3, 0.4) is 0 Å². The van der Waals surface area contributed by atoms with E-state index in [0.29, 0.717) is 27.9 Å². The normalized spacial score (nSPS) is 10.8. The molecule has 5 nitrogen and oxygen atoms in total. The lowest BCUT2D eigenvalue weighted by Gasteiger charge is -2.11. The van der Waals surface area contributed by atoms with Gasteiger partial charge in [-0.05, 0) is 36.8 Å². The molecular weight excluding hydrogens is 410 g/mol. The quantitative estimate of drug-likeness (QED) is 0.365. The highest BCUT2D eigenvalue weighted by Crippen LogP contribution is 2.32. The first-order valence-corrected chi connectivity index (χ1v) is 10.4. The van der Waals surface area contributed by atoms with Crippen LogP contribution < -0.4 is 4.90 Å². The first-order chi connectivity index (χ1) is 15.9. The van der Waals surface area contributed by atoms with E-state index in [1.54, 1.807) is 24.3 Å². The van der Waals surface area contributed by atoms with Gasteiger partial charge in [0, 0.05) is 36.8 Å². The minimum atomic E-state index is -0.204. The summed E-state index contributed by atoms with van der Waals surface area (Å²) in [6.07, 6.45) is 3.63. The third kappa shape index (κ3) is 4.26. The van der Waals surface area contributed by atoms with Crippen molar-refractivity contribution in [3.05, 3.63) is 99.8 Å². The summed E-state index contributed by atoms with van der Waals surface area (Å²) in [7, 11) is 3.96. The van der Waals surface area contributed by atoms with Gasteiger partial charge in [-0.2, -0.15) is 10.5 Å². The maximum absolute atomic E-state index is 13.5. The van der Waals surface area contributed by atoms with Crippen LogP contribution >= 0.6 is 0 Å². The van der Waals surface area contributed by atoms with Gasteiger partial charge >= 0.3 is 0 Å². The fourth-order valence-electron chi connectivity index (χ4n) is 3.60. The third-order valence-corrected chi connectivity index (χ3v) is 5.47. The summed E-state index contributed by atoms with van der Waals surface area (Å²) >= 11 is 0. The molecule has 0 amide bonds. The average Bonchev–Trinajstić information content (AvgIpc) is 3.19. The maximum atomic E-state index is 13.5. The van der Waals surface area contributed by atoms with Gasteiger partial charge in [0.15, 0.2) is 5.78 Å². The van der Waals surface area contributed by atoms with Gasteiger partial charge in [-0.1, -0.05) is 48.0 Å². The van der Waals surface area contributed by atoms with E-state index < -0.39 is 0 Å². The van der Waals surface area contributed by atoms with Gasteiger partial charge in [0.1, 0.15) is 23.5 Å². The molecule has 5 heteroatoms. The number of rotatable bonds is 5. The molecule has 1 heterocycles. The lowest BCUT2D eigenvalue weighted by Crippen LogP contribution is -2.07. The zero-order valence-electron chi connectivity index (χ0n) is 18.6. The van der Waals surface area contributed by atoms with Crippen LogP contribution in [0.2, 0.25) is 0 Å². The van der Waals surface area contributed by atoms with Crippen LogP contribution in [-0.4, -0.2) is 19.9 Å². The van der Waals surface area contributed by atoms with E-state index in [2.05, 4.69) is 0 Å². The molecule has 33 heavy (non-hydrogen) atoms. The van der Waals surface area contributed by atoms with E-state index in [0.717, 1.165) is 16.8 Å². The second-order valence-electron chi connectivity index (χ2n) is 7.97. The van der Waals surface area contributed by atoms with Crippen molar-refractivity contribution in [2.24, 2.45) is 0 Å². The molecule has 160 valence electrons. The van der Waals surface area contributed by atoms with Gasteiger partial charge in [-0.15, -0.1) is 0 Å². The zero-order chi connectivity index (χ0) is 23.5. The molecule has 0 aliphatic rings. The number of nitriles is 2. The van der Waals surface area contributed by atoms with E-state index in [1.807, 2.05) is 80.5 Å². The zero-order valence-corrected chi connectivity index (χ0v) is 18.6. The predicted molar refractivity (Wildman–Crippen MR) is 130 cm³/mol. The van der Waals surface area contributed by atoms with Crippen LogP contribution in [0.4, 0.5) is 5.69 Å². The van der Waals surface area contributed by atoms with Gasteiger partial charge in [0.05, 0.1) is 16.7 Å². The Bertz CT molecular complexity index is 1460. The summed E-state index contributed by atoms with van der Waals surface area (Å²) < 4.78 is 6.01. The minimum absolute atomic E-state index is 0.204. The molecule has 0 aliphatic carbocycles. The molecule has 0 unspecified atom stereocenters. The van der Waals surface area contributed by atoms with Crippen LogP contribution in [0, 0.1) is 29.6 Å². The highest BCUT2D eigenvalue weighted by Gasteiger charge is 2.22. The van der Waals surface area contributed by atoms with Gasteiger partial charge in [0.2, 0.25) is 0 Å². The Morgan fingerprint density at radius 1 is 0.909 bits per heavy atom. The average molecular weight is 431 g/mol. The molecule has 0 atom stereocenters. The van der Waals surface area contributed by atoms with Crippen molar-refractivity contribution < 1.29 is 9.21 Å². The van der Waals surface area contributed by atoms with Crippen LogP contribution in [0.25, 0.3) is 23.1 Å². The number of aryl methyl sites for hydroxylation is 1. The van der Waals surface area contributed by atoms with Gasteiger partial charge in [0.25, 0.3) is 0 Å². The summed E-state index contributed by atoms with van der Waals surface area (Å²) in [4.78, 5) is 15.5. The number of hydrogen-bond acceptors (Lipinski definition) is 5. The minimum Gasteiger partial charge on any atom is -0.456 e. The summed E-state index contributed by atoms with van der Waals surface area (Å²) in [5, 5.41) is 19.4. The highest BCUT2D eigenvalue weighted by molar-refractivity contribution is 6.18. The molecule has 0 saturated carbocycles. The maximum Gasteiger partial charge on any atom is 0.197 e. The largest absolute Gasteiger partial charge is 0.456 e. The van der Waals surface area contributed by atoms with Crippen molar-refractivity contribution in [1.82, 2.24) is 0 Å². The van der Waals surface area contributed by atoms with Crippen LogP contribution in [0.5, 0.6) is 0 Å². The van der Waals surface area contributed by atoms with Gasteiger partial charge < -0.3 is 9.32 Å². The van der Waals surface area contributed by atoms with E-state index in [9.17, 15) is 15.3 Å². The third-order valence-electron chi connectivity index (χ3n) is 5.47. The van der Waals surface area contributed by atoms with Crippen molar-refractivity contribution >= 4 is 34.6 Å². The molecular formula is C28H21N3O2. The lowest BCUT2D eigenvalue weighted by molar-refractivity contribution is 0.103. The Hall–Kier alpha value is -4.61. The van der Waals surface area contributed by atoms with Gasteiger partial charge in [-0.25, -0.2) is 0 Å². The topological polar surface area (TPSA) is 81.0 Å². The number of nitrogens with zero attached hydrogens (tertiary/aromatic N) is 3. The SMILES string of the molecule is Cc1ccc(C(=O)c2c(C=Cc3ccc(N(C)C)cc3)oc3cc(C#N)c(C#N)cc23)cc1. The van der Waals surface area contributed by atoms with Crippen molar-refractivity contribution in [2.45, 2.75) is 6.92 Å². The number of benzene rings is 3. The monoisotopic (exact) mass is 431 g/mol. The number of hydrogen-bond donors (Lipinski definition) is 0. The molecule has 3 aromatic carbocycles. The molecule has 0 bridgehead atoms. The predicted octanol–water partition coefficient (Wildman–Crippen LogP) is 5.95. The second-order valence-corrected chi connectivity index (χ2v) is 7.97. The first-order valence-electron chi connectivity index (χ1n) is 10.4. The molecule has 0 saturated heterocycles. The van der Waals surface area contributed by atoms with Crippen molar-refractivity contribution in [2.75, 3.05) is 19.0 Å². The number of carbonyl (C=O) groups excluding carboxylic acids is 1. The fraction of sp³-hybridized carbons (Fsp3) is 0.107. The van der Waals surface area contributed by atoms with Crippen LogP contribution in [0.15, 0.2) is 65.1 Å². The summed E-state index contributed by atoms with van der Waals surface area (Å²) in [6, 6.07) is 22.4. The van der Waals surface area contributed by atoms with E-state index >= 15 is 0 Å². The number of fused-ring (bicyclic) bond motifs is 1. The summed E-state index contributed by atoms with van der Waals surface area (Å²) in [5.41, 5.74) is 4.79. The lowest BCUT2D eigenvalue weighted by atomic mass is 9.97. The number of furan rings is 1. The summed E-state index contributed by atoms with van der Waals surface area (Å²) in [6.45, 7) is 1.96. The molecule has 4 rings (SSSR count). The molecule has 0 N–H and O–H groups in total. The van der Waals surface area contributed by atoms with E-state index in [4.69, 9.17) is 4.42 Å². The first kappa shape index (κ1) is 21.6. The summed E-state index contributed by atoms with van der Waals surface area (Å²) in [5.74, 6) is 0.177. The number of ketones is 1.